The predicted molar refractivity (Wildman–Crippen MR) is 66.7 cm³/mol. The van der Waals surface area contributed by atoms with Gasteiger partial charge in [-0.05, 0) is 12.1 Å². The number of hydrogen-bond acceptors (Lipinski definition) is 5. The van der Waals surface area contributed by atoms with E-state index >= 15 is 0 Å². The normalized spacial score (nSPS) is 11.0. The van der Waals surface area contributed by atoms with Crippen LogP contribution in [0.5, 0.6) is 5.75 Å². The molecule has 0 unspecified atom stereocenters. The Hall–Kier alpha value is -3.09. The van der Waals surface area contributed by atoms with Crippen molar-refractivity contribution in [1.82, 2.24) is 0 Å². The van der Waals surface area contributed by atoms with Crippen LogP contribution in [0.1, 0.15) is 10.4 Å². The summed E-state index contributed by atoms with van der Waals surface area (Å²) in [6.07, 6.45) is 0. The monoisotopic (exact) mass is 273 g/mol. The molecule has 1 aromatic carbocycles. The van der Waals surface area contributed by atoms with Crippen LogP contribution in [0.3, 0.4) is 0 Å². The molecule has 0 saturated carbocycles. The average molecular weight is 273 g/mol. The molecule has 100 valence electrons. The predicted octanol–water partition coefficient (Wildman–Crippen LogP) is 0.935. The van der Waals surface area contributed by atoms with Gasteiger partial charge in [0.05, 0.1) is 0 Å². The van der Waals surface area contributed by atoms with Gasteiger partial charge in [-0.3, -0.25) is 4.79 Å². The molecule has 1 aliphatic carbocycles. The minimum atomic E-state index is -1.48. The van der Waals surface area contributed by atoms with Crippen LogP contribution in [0.15, 0.2) is 39.5 Å². The molecule has 1 aromatic rings. The average Bonchev–Trinajstić information content (AvgIpc) is 2.37. The van der Waals surface area contributed by atoms with E-state index in [1.165, 1.54) is 24.3 Å². The standard InChI is InChI=1S/C13H7NO6/c15-6-1-2-7-10(5-6)20-12-8(14(7)19)3-4-9(16)11(12)13(17)18/h1-5,15H,(H,17,18). The van der Waals surface area contributed by atoms with E-state index < -0.39 is 17.0 Å². The van der Waals surface area contributed by atoms with Gasteiger partial charge < -0.3 is 19.8 Å². The topological polar surface area (TPSA) is 115 Å². The lowest BCUT2D eigenvalue weighted by atomic mass is 10.1. The minimum Gasteiger partial charge on any atom is -0.618 e. The zero-order chi connectivity index (χ0) is 14.4. The van der Waals surface area contributed by atoms with Crippen molar-refractivity contribution in [1.29, 1.82) is 0 Å². The second-order valence-corrected chi connectivity index (χ2v) is 4.14. The number of phenols is 1. The van der Waals surface area contributed by atoms with Crippen molar-refractivity contribution in [2.75, 3.05) is 0 Å². The van der Waals surface area contributed by atoms with E-state index in [0.29, 0.717) is 4.73 Å². The second kappa shape index (κ2) is 3.95. The highest BCUT2D eigenvalue weighted by molar-refractivity contribution is 5.94. The third kappa shape index (κ3) is 1.57. The number of carbonyl (C=O) groups is 1. The molecule has 2 N–H and O–H groups in total. The second-order valence-electron chi connectivity index (χ2n) is 4.14. The summed E-state index contributed by atoms with van der Waals surface area (Å²) in [5.74, 6) is -1.95. The van der Waals surface area contributed by atoms with E-state index in [1.54, 1.807) is 0 Å². The van der Waals surface area contributed by atoms with Crippen LogP contribution < -0.4 is 10.2 Å². The van der Waals surface area contributed by atoms with Gasteiger partial charge in [-0.1, -0.05) is 0 Å². The van der Waals surface area contributed by atoms with Gasteiger partial charge in [0, 0.05) is 18.2 Å². The Morgan fingerprint density at radius 1 is 1.25 bits per heavy atom. The summed E-state index contributed by atoms with van der Waals surface area (Å²) >= 11 is 0. The molecule has 20 heavy (non-hydrogen) atoms. The van der Waals surface area contributed by atoms with Gasteiger partial charge in [-0.25, -0.2) is 4.79 Å². The van der Waals surface area contributed by atoms with Crippen LogP contribution in [0.4, 0.5) is 0 Å². The van der Waals surface area contributed by atoms with Gasteiger partial charge in [-0.15, -0.1) is 0 Å². The molecule has 1 heterocycles. The number of phenolic OH excluding ortho intramolecular Hbond substituents is 1. The molecule has 0 amide bonds. The first-order valence-electron chi connectivity index (χ1n) is 5.54. The number of carboxylic acids is 1. The molecule has 0 atom stereocenters. The van der Waals surface area contributed by atoms with Crippen molar-refractivity contribution in [3.8, 4) is 17.2 Å². The van der Waals surface area contributed by atoms with Crippen molar-refractivity contribution in [3.63, 3.8) is 0 Å². The molecule has 1 aliphatic heterocycles. The van der Waals surface area contributed by atoms with Crippen LogP contribution in [-0.2, 0) is 0 Å². The first kappa shape index (κ1) is 12.0. The molecule has 0 radical (unpaired) electrons. The van der Waals surface area contributed by atoms with Crippen molar-refractivity contribution < 1.29 is 24.2 Å². The molecule has 7 nitrogen and oxygen atoms in total. The SMILES string of the molecule is O=C(O)c1c2oc3cc(O)ccc3[n+]([O-])c-2ccc1=O. The summed E-state index contributed by atoms with van der Waals surface area (Å²) < 4.78 is 5.78. The quantitative estimate of drug-likeness (QED) is 0.387. The summed E-state index contributed by atoms with van der Waals surface area (Å²) in [4.78, 5) is 22.7. The smallest absolute Gasteiger partial charge is 0.343 e. The van der Waals surface area contributed by atoms with E-state index in [-0.39, 0.29) is 28.3 Å². The summed E-state index contributed by atoms with van der Waals surface area (Å²) in [5.41, 5.74) is -1.34. The molecule has 0 spiro atoms. The van der Waals surface area contributed by atoms with E-state index in [2.05, 4.69) is 0 Å². The minimum absolute atomic E-state index is 0.0133. The number of aromatic hydroxyl groups is 1. The van der Waals surface area contributed by atoms with Crippen molar-refractivity contribution >= 4 is 17.1 Å². The van der Waals surface area contributed by atoms with Crippen LogP contribution in [0.25, 0.3) is 22.6 Å². The number of aromatic nitrogens is 1. The molecule has 0 fully saturated rings. The van der Waals surface area contributed by atoms with Gasteiger partial charge in [0.25, 0.3) is 11.2 Å². The fourth-order valence-electron chi connectivity index (χ4n) is 2.01. The lowest BCUT2D eigenvalue weighted by Crippen LogP contribution is -2.33. The summed E-state index contributed by atoms with van der Waals surface area (Å²) in [6, 6.07) is 6.02. The number of hydrogen-bond donors (Lipinski definition) is 2. The van der Waals surface area contributed by atoms with E-state index in [0.717, 1.165) is 6.07 Å². The molecular formula is C13H7NO6. The zero-order valence-electron chi connectivity index (χ0n) is 9.86. The Labute approximate surface area is 110 Å². The molecule has 2 aliphatic rings. The Kier molecular flexibility index (Phi) is 2.37. The molecule has 3 rings (SSSR count). The maximum atomic E-state index is 12.2. The number of rotatable bonds is 1. The van der Waals surface area contributed by atoms with Gasteiger partial charge in [0.15, 0.2) is 11.0 Å². The largest absolute Gasteiger partial charge is 0.618 e. The van der Waals surface area contributed by atoms with Crippen molar-refractivity contribution in [3.05, 3.63) is 51.3 Å². The fraction of sp³-hybridized carbons (Fsp3) is 0. The molecule has 0 bridgehead atoms. The molecule has 0 saturated heterocycles. The van der Waals surface area contributed by atoms with E-state index in [9.17, 15) is 19.9 Å². The number of carboxylic acid groups (broad SMARTS) is 1. The highest BCUT2D eigenvalue weighted by atomic mass is 16.5. The summed E-state index contributed by atoms with van der Waals surface area (Å²) in [7, 11) is 0. The fourth-order valence-corrected chi connectivity index (χ4v) is 2.01. The summed E-state index contributed by atoms with van der Waals surface area (Å²) in [5, 5.41) is 30.6. The Balaban J connectivity index is 2.56. The molecular weight excluding hydrogens is 266 g/mol. The Morgan fingerprint density at radius 2 is 2.00 bits per heavy atom. The first-order chi connectivity index (χ1) is 9.49. The highest BCUT2D eigenvalue weighted by Gasteiger charge is 2.28. The third-order valence-electron chi connectivity index (χ3n) is 2.91. The van der Waals surface area contributed by atoms with Gasteiger partial charge in [0.1, 0.15) is 5.75 Å². The third-order valence-corrected chi connectivity index (χ3v) is 2.91. The molecule has 7 heteroatoms. The van der Waals surface area contributed by atoms with Gasteiger partial charge in [-0.2, -0.15) is 4.73 Å². The Morgan fingerprint density at radius 3 is 2.70 bits per heavy atom. The lowest BCUT2D eigenvalue weighted by molar-refractivity contribution is -0.566. The van der Waals surface area contributed by atoms with Gasteiger partial charge >= 0.3 is 5.97 Å². The van der Waals surface area contributed by atoms with Crippen LogP contribution in [-0.4, -0.2) is 16.2 Å². The van der Waals surface area contributed by atoms with Crippen LogP contribution in [0.2, 0.25) is 0 Å². The first-order valence-corrected chi connectivity index (χ1v) is 5.54. The zero-order valence-corrected chi connectivity index (χ0v) is 9.86. The number of aromatic carboxylic acids is 1. The number of benzene rings is 2. The summed E-state index contributed by atoms with van der Waals surface area (Å²) in [6.45, 7) is 0. The Bertz CT molecular complexity index is 882. The number of nitrogens with zero attached hydrogens (tertiary/aromatic N) is 1. The lowest BCUT2D eigenvalue weighted by Gasteiger charge is -2.10. The maximum absolute atomic E-state index is 12.2. The van der Waals surface area contributed by atoms with Crippen molar-refractivity contribution in [2.45, 2.75) is 0 Å². The van der Waals surface area contributed by atoms with E-state index in [4.69, 9.17) is 9.52 Å². The highest BCUT2D eigenvalue weighted by Crippen LogP contribution is 2.26. The van der Waals surface area contributed by atoms with Crippen LogP contribution in [0, 0.1) is 5.21 Å². The molecule has 0 aromatic heterocycles. The van der Waals surface area contributed by atoms with Crippen molar-refractivity contribution in [2.24, 2.45) is 0 Å². The number of fused-ring (bicyclic) bond motifs is 2. The maximum Gasteiger partial charge on any atom is 0.343 e. The van der Waals surface area contributed by atoms with Gasteiger partial charge in [0.2, 0.25) is 11.3 Å². The van der Waals surface area contributed by atoms with E-state index in [1.807, 2.05) is 0 Å². The van der Waals surface area contributed by atoms with Crippen LogP contribution >= 0.6 is 0 Å².